The van der Waals surface area contributed by atoms with Gasteiger partial charge in [-0.3, -0.25) is 0 Å². The Morgan fingerprint density at radius 2 is 1.69 bits per heavy atom. The van der Waals surface area contributed by atoms with Crippen LogP contribution in [0.5, 0.6) is 0 Å². The molecule has 2 heterocycles. The van der Waals surface area contributed by atoms with E-state index in [0.29, 0.717) is 23.4 Å². The van der Waals surface area contributed by atoms with Crippen molar-refractivity contribution < 1.29 is 21.6 Å². The fourth-order valence-corrected chi connectivity index (χ4v) is 5.07. The molecule has 2 aromatic carbocycles. The zero-order valence-electron chi connectivity index (χ0n) is 15.0. The topological polar surface area (TPSA) is 68.1 Å². The molecule has 0 radical (unpaired) electrons. The number of hydrogen-bond donors (Lipinski definition) is 0. The fourth-order valence-electron chi connectivity index (χ4n) is 3.47. The van der Waals surface area contributed by atoms with Crippen LogP contribution in [-0.4, -0.2) is 40.8 Å². The number of nitrogens with zero attached hydrogens (tertiary/aromatic N) is 4. The molecule has 154 valence electrons. The minimum atomic E-state index is -4.45. The molecule has 1 saturated heterocycles. The summed E-state index contributed by atoms with van der Waals surface area (Å²) in [7, 11) is -3.63. The number of fused-ring (bicyclic) bond motifs is 1. The Balaban J connectivity index is 1.52. The molecule has 0 saturated carbocycles. The van der Waals surface area contributed by atoms with Crippen molar-refractivity contribution in [3.8, 4) is 0 Å². The van der Waals surface area contributed by atoms with Crippen molar-refractivity contribution >= 4 is 32.7 Å². The third-order valence-electron chi connectivity index (χ3n) is 5.02. The predicted molar refractivity (Wildman–Crippen MR) is 101 cm³/mol. The van der Waals surface area contributed by atoms with Crippen LogP contribution in [0.2, 0.25) is 5.02 Å². The number of piperidine rings is 1. The van der Waals surface area contributed by atoms with Gasteiger partial charge in [0.1, 0.15) is 5.52 Å². The van der Waals surface area contributed by atoms with Crippen LogP contribution in [0.4, 0.5) is 13.2 Å². The monoisotopic (exact) mass is 444 g/mol. The fraction of sp³-hybridized carbons (Fsp3) is 0.333. The van der Waals surface area contributed by atoms with Crippen LogP contribution in [0.25, 0.3) is 11.0 Å². The number of hydrogen-bond acceptors (Lipinski definition) is 4. The average Bonchev–Trinajstić information content (AvgIpc) is 3.11. The van der Waals surface area contributed by atoms with Crippen molar-refractivity contribution in [2.24, 2.45) is 0 Å². The lowest BCUT2D eigenvalue weighted by Crippen LogP contribution is -2.39. The van der Waals surface area contributed by atoms with E-state index >= 15 is 0 Å². The van der Waals surface area contributed by atoms with E-state index in [4.69, 9.17) is 11.6 Å². The maximum Gasteiger partial charge on any atom is 0.416 e. The highest BCUT2D eigenvalue weighted by Gasteiger charge is 2.33. The minimum Gasteiger partial charge on any atom is -0.242 e. The van der Waals surface area contributed by atoms with E-state index in [2.05, 4.69) is 10.3 Å². The number of aromatic nitrogens is 3. The van der Waals surface area contributed by atoms with Crippen molar-refractivity contribution in [1.82, 2.24) is 19.3 Å². The normalized spacial score (nSPS) is 17.1. The Morgan fingerprint density at radius 1 is 1.03 bits per heavy atom. The number of rotatable bonds is 3. The molecule has 11 heteroatoms. The van der Waals surface area contributed by atoms with Crippen LogP contribution in [-0.2, 0) is 16.2 Å². The van der Waals surface area contributed by atoms with Crippen LogP contribution in [0.3, 0.4) is 0 Å². The average molecular weight is 445 g/mol. The van der Waals surface area contributed by atoms with Gasteiger partial charge in [0.05, 0.1) is 22.0 Å². The van der Waals surface area contributed by atoms with E-state index in [1.54, 1.807) is 4.68 Å². The third-order valence-corrected chi connectivity index (χ3v) is 7.18. The second kappa shape index (κ2) is 7.26. The quantitative estimate of drug-likeness (QED) is 0.609. The molecule has 0 amide bonds. The molecule has 29 heavy (non-hydrogen) atoms. The van der Waals surface area contributed by atoms with Crippen molar-refractivity contribution in [3.63, 3.8) is 0 Å². The van der Waals surface area contributed by atoms with Crippen LogP contribution in [0.1, 0.15) is 24.4 Å². The van der Waals surface area contributed by atoms with Gasteiger partial charge in [-0.2, -0.15) is 17.5 Å². The van der Waals surface area contributed by atoms with Gasteiger partial charge in [-0.1, -0.05) is 16.8 Å². The summed E-state index contributed by atoms with van der Waals surface area (Å²) >= 11 is 5.82. The molecule has 1 aliphatic rings. The summed E-state index contributed by atoms with van der Waals surface area (Å²) in [6.45, 7) is 0.551. The summed E-state index contributed by atoms with van der Waals surface area (Å²) < 4.78 is 67.1. The molecule has 0 unspecified atom stereocenters. The van der Waals surface area contributed by atoms with Gasteiger partial charge in [0.15, 0.2) is 0 Å². The van der Waals surface area contributed by atoms with Crippen LogP contribution < -0.4 is 0 Å². The summed E-state index contributed by atoms with van der Waals surface area (Å²) in [6, 6.07) is 9.17. The predicted octanol–water partition coefficient (Wildman–Crippen LogP) is 4.13. The number of alkyl halides is 3. The van der Waals surface area contributed by atoms with E-state index in [9.17, 15) is 21.6 Å². The molecule has 1 fully saturated rings. The van der Waals surface area contributed by atoms with Crippen LogP contribution >= 0.6 is 11.6 Å². The molecular weight excluding hydrogens is 429 g/mol. The van der Waals surface area contributed by atoms with Gasteiger partial charge in [0.2, 0.25) is 10.0 Å². The highest BCUT2D eigenvalue weighted by atomic mass is 35.5. The Hall–Kier alpha value is -2.17. The van der Waals surface area contributed by atoms with E-state index in [1.807, 2.05) is 0 Å². The molecule has 1 aliphatic heterocycles. The highest BCUT2D eigenvalue weighted by Crippen LogP contribution is 2.33. The number of halogens is 4. The van der Waals surface area contributed by atoms with Crippen molar-refractivity contribution in [3.05, 3.63) is 53.1 Å². The maximum atomic E-state index is 12.9. The highest BCUT2D eigenvalue weighted by molar-refractivity contribution is 7.89. The zero-order chi connectivity index (χ0) is 20.8. The molecular formula is C18H16ClF3N4O2S. The van der Waals surface area contributed by atoms with Crippen LogP contribution in [0.15, 0.2) is 47.4 Å². The van der Waals surface area contributed by atoms with Gasteiger partial charge in [-0.25, -0.2) is 13.1 Å². The van der Waals surface area contributed by atoms with E-state index in [1.165, 1.54) is 34.6 Å². The zero-order valence-corrected chi connectivity index (χ0v) is 16.5. The molecule has 1 aromatic heterocycles. The second-order valence-electron chi connectivity index (χ2n) is 6.82. The van der Waals surface area contributed by atoms with Gasteiger partial charge >= 0.3 is 6.18 Å². The molecule has 0 spiro atoms. The minimum absolute atomic E-state index is 0.145. The van der Waals surface area contributed by atoms with Gasteiger partial charge in [0, 0.05) is 18.1 Å². The third kappa shape index (κ3) is 3.84. The largest absolute Gasteiger partial charge is 0.416 e. The lowest BCUT2D eigenvalue weighted by atomic mass is 10.1. The smallest absolute Gasteiger partial charge is 0.242 e. The number of benzene rings is 2. The molecule has 6 nitrogen and oxygen atoms in total. The summed E-state index contributed by atoms with van der Waals surface area (Å²) in [5.74, 6) is 0. The Bertz CT molecular complexity index is 1140. The molecule has 0 N–H and O–H groups in total. The molecule has 0 bridgehead atoms. The standard InChI is InChI=1S/C18H16ClF3N4O2S/c19-13-2-4-15(5-3-13)29(27,28)25-9-7-14(8-10-25)26-17-6-1-12(18(20,21)22)11-16(17)23-24-26/h1-6,11,14H,7-10H2. The summed E-state index contributed by atoms with van der Waals surface area (Å²) in [5, 5.41) is 8.33. The first-order chi connectivity index (χ1) is 13.7. The second-order valence-corrected chi connectivity index (χ2v) is 9.20. The van der Waals surface area contributed by atoms with E-state index in [-0.39, 0.29) is 29.5 Å². The van der Waals surface area contributed by atoms with Gasteiger partial charge in [-0.15, -0.1) is 5.10 Å². The SMILES string of the molecule is O=S(=O)(c1ccc(Cl)cc1)N1CCC(n2nnc3cc(C(F)(F)F)ccc32)CC1. The van der Waals surface area contributed by atoms with Crippen molar-refractivity contribution in [1.29, 1.82) is 0 Å². The molecule has 3 aromatic rings. The summed E-state index contributed by atoms with van der Waals surface area (Å²) in [6.07, 6.45) is -3.49. The van der Waals surface area contributed by atoms with Crippen molar-refractivity contribution in [2.75, 3.05) is 13.1 Å². The van der Waals surface area contributed by atoms with E-state index in [0.717, 1.165) is 12.1 Å². The number of sulfonamides is 1. The Morgan fingerprint density at radius 3 is 2.31 bits per heavy atom. The molecule has 4 rings (SSSR count). The van der Waals surface area contributed by atoms with Gasteiger partial charge in [0.25, 0.3) is 0 Å². The molecule has 0 aliphatic carbocycles. The van der Waals surface area contributed by atoms with Gasteiger partial charge in [-0.05, 0) is 55.3 Å². The Labute approximate surface area is 169 Å². The van der Waals surface area contributed by atoms with Gasteiger partial charge < -0.3 is 0 Å². The first-order valence-electron chi connectivity index (χ1n) is 8.84. The Kier molecular flexibility index (Phi) is 5.04. The first-order valence-corrected chi connectivity index (χ1v) is 10.7. The summed E-state index contributed by atoms with van der Waals surface area (Å²) in [4.78, 5) is 0.172. The molecule has 0 atom stereocenters. The summed E-state index contributed by atoms with van der Waals surface area (Å²) in [5.41, 5.74) is -0.117. The van der Waals surface area contributed by atoms with E-state index < -0.39 is 21.8 Å². The lowest BCUT2D eigenvalue weighted by Gasteiger charge is -2.31. The lowest BCUT2D eigenvalue weighted by molar-refractivity contribution is -0.137. The first kappa shape index (κ1) is 20.1. The van der Waals surface area contributed by atoms with Crippen molar-refractivity contribution in [2.45, 2.75) is 30.0 Å². The maximum absolute atomic E-state index is 12.9. The van der Waals surface area contributed by atoms with Crippen LogP contribution in [0, 0.1) is 0 Å².